The molecule has 0 saturated heterocycles. The van der Waals surface area contributed by atoms with Crippen molar-refractivity contribution in [2.75, 3.05) is 0 Å². The van der Waals surface area contributed by atoms with Gasteiger partial charge in [-0.25, -0.2) is 43.9 Å². The monoisotopic (exact) mass is 394 g/mol. The van der Waals surface area contributed by atoms with Crippen LogP contribution >= 0.6 is 0 Å². The second-order valence-corrected chi connectivity index (χ2v) is 4.86. The Bertz CT molecular complexity index is 767. The van der Waals surface area contributed by atoms with Gasteiger partial charge in [0.05, 0.1) is 11.1 Å². The first-order valence-electron chi connectivity index (χ1n) is 6.32. The molecule has 2 aromatic rings. The summed E-state index contributed by atoms with van der Waals surface area (Å²) in [6, 6.07) is 0. The zero-order chi connectivity index (χ0) is 20.1. The molecule has 12 heteroatoms. The lowest BCUT2D eigenvalue weighted by atomic mass is 9.95. The van der Waals surface area contributed by atoms with E-state index in [0.717, 1.165) is 0 Å². The van der Waals surface area contributed by atoms with E-state index in [4.69, 9.17) is 0 Å². The van der Waals surface area contributed by atoms with Crippen LogP contribution in [0.15, 0.2) is 0 Å². The Morgan fingerprint density at radius 3 is 0.692 bits per heavy atom. The van der Waals surface area contributed by atoms with Gasteiger partial charge in [-0.05, 0) is 0 Å². The van der Waals surface area contributed by atoms with Gasteiger partial charge in [0.25, 0.3) is 0 Å². The quantitative estimate of drug-likeness (QED) is 0.472. The molecular weight excluding hydrogens is 390 g/mol. The molecule has 0 aliphatic carbocycles. The molecular formula is C14H4F10O2. The van der Waals surface area contributed by atoms with Crippen molar-refractivity contribution in [3.63, 3.8) is 0 Å². The molecule has 0 amide bonds. The van der Waals surface area contributed by atoms with Crippen LogP contribution in [0.2, 0.25) is 0 Å². The fourth-order valence-electron chi connectivity index (χ4n) is 2.08. The van der Waals surface area contributed by atoms with Crippen LogP contribution in [0, 0.1) is 58.2 Å². The maximum Gasteiger partial charge on any atom is 0.200 e. The molecule has 2 atom stereocenters. The average Bonchev–Trinajstić information content (AvgIpc) is 2.61. The normalized spacial score (nSPS) is 13.8. The summed E-state index contributed by atoms with van der Waals surface area (Å²) in [5.41, 5.74) is -4.25. The number of aliphatic hydroxyl groups excluding tert-OH is 2. The lowest BCUT2D eigenvalue weighted by Crippen LogP contribution is -2.20. The predicted octanol–water partition coefficient (Wildman–Crippen LogP) is 3.84. The second-order valence-electron chi connectivity index (χ2n) is 4.86. The van der Waals surface area contributed by atoms with Crippen molar-refractivity contribution in [3.05, 3.63) is 69.3 Å². The molecule has 0 aliphatic rings. The molecule has 2 unspecified atom stereocenters. The highest BCUT2D eigenvalue weighted by atomic mass is 19.2. The van der Waals surface area contributed by atoms with Gasteiger partial charge in [0.15, 0.2) is 46.5 Å². The zero-order valence-corrected chi connectivity index (χ0v) is 11.8. The molecule has 26 heavy (non-hydrogen) atoms. The standard InChI is InChI=1S/C14H4F10O2/c15-3-1(4(16)8(20)11(23)7(3)19)13(25)14(26)2-5(17)9(21)12(24)10(22)6(2)18/h13-14,25-26H. The van der Waals surface area contributed by atoms with Crippen molar-refractivity contribution in [2.45, 2.75) is 12.2 Å². The molecule has 2 rings (SSSR count). The molecule has 142 valence electrons. The summed E-state index contributed by atoms with van der Waals surface area (Å²) in [7, 11) is 0. The molecule has 0 radical (unpaired) electrons. The molecule has 0 aliphatic heterocycles. The topological polar surface area (TPSA) is 40.5 Å². The third kappa shape index (κ3) is 2.78. The van der Waals surface area contributed by atoms with E-state index in [1.807, 2.05) is 0 Å². The number of rotatable bonds is 3. The minimum absolute atomic E-state index is 2.13. The van der Waals surface area contributed by atoms with E-state index in [1.165, 1.54) is 0 Å². The van der Waals surface area contributed by atoms with Crippen molar-refractivity contribution in [2.24, 2.45) is 0 Å². The number of hydrogen-bond acceptors (Lipinski definition) is 2. The minimum atomic E-state index is -3.27. The van der Waals surface area contributed by atoms with Crippen molar-refractivity contribution in [1.82, 2.24) is 0 Å². The van der Waals surface area contributed by atoms with Crippen LogP contribution in [-0.4, -0.2) is 10.2 Å². The molecule has 0 spiro atoms. The summed E-state index contributed by atoms with van der Waals surface area (Å²) in [5, 5.41) is 19.2. The minimum Gasteiger partial charge on any atom is -0.385 e. The van der Waals surface area contributed by atoms with Gasteiger partial charge < -0.3 is 10.2 Å². The lowest BCUT2D eigenvalue weighted by molar-refractivity contribution is 0.00639. The van der Waals surface area contributed by atoms with Gasteiger partial charge in [0, 0.05) is 0 Å². The predicted molar refractivity (Wildman–Crippen MR) is 62.4 cm³/mol. The Morgan fingerprint density at radius 2 is 0.500 bits per heavy atom. The summed E-state index contributed by atoms with van der Waals surface area (Å²) in [5.74, 6) is -26.2. The zero-order valence-electron chi connectivity index (χ0n) is 11.8. The fourth-order valence-corrected chi connectivity index (χ4v) is 2.08. The molecule has 0 aromatic heterocycles. The smallest absolute Gasteiger partial charge is 0.200 e. The van der Waals surface area contributed by atoms with E-state index in [-0.39, 0.29) is 0 Å². The Kier molecular flexibility index (Phi) is 5.19. The first-order valence-corrected chi connectivity index (χ1v) is 6.32. The van der Waals surface area contributed by atoms with Crippen LogP contribution in [0.5, 0.6) is 0 Å². The Hall–Kier alpha value is -2.34. The summed E-state index contributed by atoms with van der Waals surface area (Å²) in [6.45, 7) is 0. The van der Waals surface area contributed by atoms with E-state index in [0.29, 0.717) is 0 Å². The van der Waals surface area contributed by atoms with E-state index < -0.39 is 81.5 Å². The van der Waals surface area contributed by atoms with E-state index in [2.05, 4.69) is 0 Å². The molecule has 2 N–H and O–H groups in total. The Morgan fingerprint density at radius 1 is 0.346 bits per heavy atom. The summed E-state index contributed by atoms with van der Waals surface area (Å²) in [4.78, 5) is 0. The van der Waals surface area contributed by atoms with Crippen LogP contribution in [0.1, 0.15) is 23.3 Å². The molecule has 0 heterocycles. The van der Waals surface area contributed by atoms with Crippen molar-refractivity contribution in [1.29, 1.82) is 0 Å². The van der Waals surface area contributed by atoms with Crippen molar-refractivity contribution in [3.8, 4) is 0 Å². The average molecular weight is 394 g/mol. The Labute approximate surface area is 136 Å². The highest BCUT2D eigenvalue weighted by Crippen LogP contribution is 2.38. The van der Waals surface area contributed by atoms with Crippen LogP contribution in [0.4, 0.5) is 43.9 Å². The van der Waals surface area contributed by atoms with Gasteiger partial charge in [0.1, 0.15) is 12.2 Å². The van der Waals surface area contributed by atoms with Gasteiger partial charge in [-0.1, -0.05) is 0 Å². The van der Waals surface area contributed by atoms with Crippen molar-refractivity contribution < 1.29 is 54.1 Å². The van der Waals surface area contributed by atoms with Gasteiger partial charge >= 0.3 is 0 Å². The molecule has 0 saturated carbocycles. The van der Waals surface area contributed by atoms with E-state index >= 15 is 0 Å². The first kappa shape index (κ1) is 20.0. The van der Waals surface area contributed by atoms with Crippen LogP contribution in [-0.2, 0) is 0 Å². The number of aliphatic hydroxyl groups is 2. The van der Waals surface area contributed by atoms with Crippen LogP contribution in [0.25, 0.3) is 0 Å². The van der Waals surface area contributed by atoms with Gasteiger partial charge in [-0.15, -0.1) is 0 Å². The molecule has 0 fully saturated rings. The number of hydrogen-bond donors (Lipinski definition) is 2. The summed E-state index contributed by atoms with van der Waals surface area (Å²) < 4.78 is 133. The third-order valence-corrected chi connectivity index (χ3v) is 3.38. The first-order chi connectivity index (χ1) is 11.9. The van der Waals surface area contributed by atoms with E-state index in [9.17, 15) is 54.1 Å². The van der Waals surface area contributed by atoms with E-state index in [1.54, 1.807) is 0 Å². The summed E-state index contributed by atoms with van der Waals surface area (Å²) >= 11 is 0. The second kappa shape index (κ2) is 6.76. The maximum absolute atomic E-state index is 13.6. The maximum atomic E-state index is 13.6. The Balaban J connectivity index is 2.69. The van der Waals surface area contributed by atoms with Gasteiger partial charge in [-0.3, -0.25) is 0 Å². The third-order valence-electron chi connectivity index (χ3n) is 3.38. The van der Waals surface area contributed by atoms with Gasteiger partial charge in [0.2, 0.25) is 11.6 Å². The molecule has 2 aromatic carbocycles. The lowest BCUT2D eigenvalue weighted by Gasteiger charge is -2.21. The largest absolute Gasteiger partial charge is 0.385 e. The van der Waals surface area contributed by atoms with Crippen LogP contribution in [0.3, 0.4) is 0 Å². The van der Waals surface area contributed by atoms with Gasteiger partial charge in [-0.2, -0.15) is 0 Å². The summed E-state index contributed by atoms with van der Waals surface area (Å²) in [6.07, 6.45) is -6.54. The fraction of sp³-hybridized carbons (Fsp3) is 0.143. The van der Waals surface area contributed by atoms with Crippen LogP contribution < -0.4 is 0 Å². The number of halogens is 10. The molecule has 2 nitrogen and oxygen atoms in total. The SMILES string of the molecule is OC(c1c(F)c(F)c(F)c(F)c1F)C(O)c1c(F)c(F)c(F)c(F)c1F. The highest BCUT2D eigenvalue weighted by Gasteiger charge is 2.38. The molecule has 0 bridgehead atoms. The highest BCUT2D eigenvalue weighted by molar-refractivity contribution is 5.32. The van der Waals surface area contributed by atoms with Crippen molar-refractivity contribution >= 4 is 0 Å². The number of benzene rings is 2.